The van der Waals surface area contributed by atoms with Crippen LogP contribution in [0.3, 0.4) is 0 Å². The van der Waals surface area contributed by atoms with Gasteiger partial charge in [-0.25, -0.2) is 0 Å². The van der Waals surface area contributed by atoms with Crippen LogP contribution < -0.4 is 10.7 Å². The summed E-state index contributed by atoms with van der Waals surface area (Å²) in [5.74, 6) is 0. The van der Waals surface area contributed by atoms with E-state index in [2.05, 4.69) is 5.32 Å². The molecule has 0 aliphatic rings. The number of fused-ring (bicyclic) bond motifs is 2. The fourth-order valence-electron chi connectivity index (χ4n) is 2.43. The van der Waals surface area contributed by atoms with Crippen molar-refractivity contribution >= 4 is 39.2 Å². The highest BCUT2D eigenvalue weighted by Gasteiger charge is 2.10. The van der Waals surface area contributed by atoms with Crippen LogP contribution in [0.1, 0.15) is 13.3 Å². The van der Waals surface area contributed by atoms with Crippen LogP contribution in [-0.2, 0) is 0 Å². The van der Waals surface area contributed by atoms with Gasteiger partial charge in [-0.2, -0.15) is 0 Å². The summed E-state index contributed by atoms with van der Waals surface area (Å²) in [5, 5.41) is 13.9. The summed E-state index contributed by atoms with van der Waals surface area (Å²) in [6.45, 7) is 2.02. The fraction of sp³-hybridized carbons (Fsp3) is 0.235. The Morgan fingerprint density at radius 3 is 2.55 bits per heavy atom. The topological polar surface area (TPSA) is 62.5 Å². The number of hydrogen-bond acceptors (Lipinski definition) is 4. The van der Waals surface area contributed by atoms with Gasteiger partial charge in [-0.15, -0.1) is 0 Å². The Morgan fingerprint density at radius 1 is 1.18 bits per heavy atom. The smallest absolute Gasteiger partial charge is 0.200 e. The second-order valence-corrected chi connectivity index (χ2v) is 5.65. The molecule has 4 nitrogen and oxygen atoms in total. The van der Waals surface area contributed by atoms with Crippen LogP contribution in [0.5, 0.6) is 0 Å². The van der Waals surface area contributed by atoms with E-state index in [1.807, 2.05) is 13.0 Å². The van der Waals surface area contributed by atoms with Gasteiger partial charge in [-0.05, 0) is 42.8 Å². The molecule has 0 saturated carbocycles. The molecule has 2 aromatic carbocycles. The van der Waals surface area contributed by atoms with Gasteiger partial charge in [0.25, 0.3) is 0 Å². The minimum Gasteiger partial charge on any atom is -0.456 e. The van der Waals surface area contributed by atoms with Crippen molar-refractivity contribution in [3.63, 3.8) is 0 Å². The fourth-order valence-corrected chi connectivity index (χ4v) is 2.60. The zero-order valence-electron chi connectivity index (χ0n) is 12.1. The predicted octanol–water partition coefficient (Wildman–Crippen LogP) is 3.78. The van der Waals surface area contributed by atoms with Crippen LogP contribution in [0.15, 0.2) is 45.6 Å². The van der Waals surface area contributed by atoms with Crippen LogP contribution in [0.25, 0.3) is 21.9 Å². The van der Waals surface area contributed by atoms with E-state index in [-0.39, 0.29) is 18.1 Å². The maximum absolute atomic E-state index is 12.6. The zero-order chi connectivity index (χ0) is 15.7. The van der Waals surface area contributed by atoms with Gasteiger partial charge in [-0.3, -0.25) is 4.79 Å². The van der Waals surface area contributed by atoms with Gasteiger partial charge in [0.15, 0.2) is 0 Å². The quantitative estimate of drug-likeness (QED) is 0.719. The van der Waals surface area contributed by atoms with E-state index in [1.54, 1.807) is 30.3 Å². The Bertz CT molecular complexity index is 884. The molecule has 0 radical (unpaired) electrons. The SMILES string of the molecule is CC[C@H](CO)Nc1ccc2oc3ccc(Cl)cc3c(=O)c2c1. The zero-order valence-corrected chi connectivity index (χ0v) is 12.9. The van der Waals surface area contributed by atoms with Gasteiger partial charge in [0.2, 0.25) is 5.43 Å². The number of rotatable bonds is 4. The van der Waals surface area contributed by atoms with Crippen molar-refractivity contribution in [1.29, 1.82) is 0 Å². The van der Waals surface area contributed by atoms with Crippen molar-refractivity contribution in [2.24, 2.45) is 0 Å². The Hall–Kier alpha value is -2.04. The van der Waals surface area contributed by atoms with Crippen molar-refractivity contribution in [3.05, 3.63) is 51.6 Å². The van der Waals surface area contributed by atoms with Gasteiger partial charge < -0.3 is 14.8 Å². The summed E-state index contributed by atoms with van der Waals surface area (Å²) in [6, 6.07) is 10.3. The van der Waals surface area contributed by atoms with Crippen LogP contribution >= 0.6 is 11.6 Å². The molecule has 0 fully saturated rings. The summed E-state index contributed by atoms with van der Waals surface area (Å²) in [7, 11) is 0. The Morgan fingerprint density at radius 2 is 1.86 bits per heavy atom. The number of aliphatic hydroxyl groups excluding tert-OH is 1. The number of anilines is 1. The van der Waals surface area contributed by atoms with Gasteiger partial charge in [0.1, 0.15) is 11.2 Å². The largest absolute Gasteiger partial charge is 0.456 e. The first-order valence-electron chi connectivity index (χ1n) is 7.16. The normalized spacial score (nSPS) is 12.7. The van der Waals surface area contributed by atoms with Crippen LogP contribution in [0, 0.1) is 0 Å². The molecule has 22 heavy (non-hydrogen) atoms. The van der Waals surface area contributed by atoms with Gasteiger partial charge in [0, 0.05) is 16.8 Å². The molecule has 0 aliphatic carbocycles. The van der Waals surface area contributed by atoms with E-state index >= 15 is 0 Å². The van der Waals surface area contributed by atoms with E-state index in [1.165, 1.54) is 0 Å². The summed E-state index contributed by atoms with van der Waals surface area (Å²) >= 11 is 5.96. The van der Waals surface area contributed by atoms with Crippen molar-refractivity contribution in [2.75, 3.05) is 11.9 Å². The highest BCUT2D eigenvalue weighted by Crippen LogP contribution is 2.24. The van der Waals surface area contributed by atoms with Crippen molar-refractivity contribution in [1.82, 2.24) is 0 Å². The molecule has 1 atom stereocenters. The van der Waals surface area contributed by atoms with E-state index in [9.17, 15) is 9.90 Å². The number of nitrogens with one attached hydrogen (secondary N) is 1. The molecular weight excluding hydrogens is 302 g/mol. The highest BCUT2D eigenvalue weighted by molar-refractivity contribution is 6.31. The monoisotopic (exact) mass is 317 g/mol. The minimum atomic E-state index is -0.112. The molecule has 0 saturated heterocycles. The molecule has 0 spiro atoms. The van der Waals surface area contributed by atoms with E-state index < -0.39 is 0 Å². The maximum Gasteiger partial charge on any atom is 0.200 e. The van der Waals surface area contributed by atoms with Crippen molar-refractivity contribution in [2.45, 2.75) is 19.4 Å². The van der Waals surface area contributed by atoms with E-state index in [4.69, 9.17) is 16.0 Å². The summed E-state index contributed by atoms with van der Waals surface area (Å²) in [5.41, 5.74) is 1.72. The number of aliphatic hydroxyl groups is 1. The van der Waals surface area contributed by atoms with Crippen LogP contribution in [-0.4, -0.2) is 17.8 Å². The predicted molar refractivity (Wildman–Crippen MR) is 89.8 cm³/mol. The lowest BCUT2D eigenvalue weighted by Gasteiger charge is -2.15. The van der Waals surface area contributed by atoms with Gasteiger partial charge in [0.05, 0.1) is 17.4 Å². The van der Waals surface area contributed by atoms with E-state index in [0.29, 0.717) is 27.0 Å². The second kappa shape index (κ2) is 5.99. The maximum atomic E-state index is 12.6. The molecule has 1 aromatic heterocycles. The number of benzene rings is 2. The summed E-state index contributed by atoms with van der Waals surface area (Å²) in [6.07, 6.45) is 0.788. The van der Waals surface area contributed by atoms with E-state index in [0.717, 1.165) is 12.1 Å². The molecule has 2 N–H and O–H groups in total. The Labute approximate surface area is 132 Å². The third-order valence-electron chi connectivity index (χ3n) is 3.71. The summed E-state index contributed by atoms with van der Waals surface area (Å²) < 4.78 is 5.76. The molecule has 0 bridgehead atoms. The first kappa shape index (κ1) is 14.9. The standard InChI is InChI=1S/C17H16ClNO3/c1-2-11(9-20)19-12-4-6-16-14(8-12)17(21)13-7-10(18)3-5-15(13)22-16/h3-8,11,19-20H,2,9H2,1H3/t11-/m1/s1. The third kappa shape index (κ3) is 2.67. The molecule has 5 heteroatoms. The van der Waals surface area contributed by atoms with Gasteiger partial charge in [-0.1, -0.05) is 18.5 Å². The lowest BCUT2D eigenvalue weighted by Crippen LogP contribution is -2.22. The van der Waals surface area contributed by atoms with Crippen LogP contribution in [0.4, 0.5) is 5.69 Å². The van der Waals surface area contributed by atoms with Crippen LogP contribution in [0.2, 0.25) is 5.02 Å². The molecule has 3 aromatic rings. The molecule has 0 aliphatic heterocycles. The molecule has 0 unspecified atom stereocenters. The Balaban J connectivity index is 2.16. The lowest BCUT2D eigenvalue weighted by molar-refractivity contribution is 0.272. The summed E-state index contributed by atoms with van der Waals surface area (Å²) in [4.78, 5) is 12.6. The first-order valence-corrected chi connectivity index (χ1v) is 7.53. The van der Waals surface area contributed by atoms with Gasteiger partial charge >= 0.3 is 0 Å². The third-order valence-corrected chi connectivity index (χ3v) is 3.95. The molecular formula is C17H16ClNO3. The number of hydrogen-bond donors (Lipinski definition) is 2. The average Bonchev–Trinajstić information content (AvgIpc) is 2.54. The minimum absolute atomic E-state index is 0.0382. The number of halogens is 1. The molecule has 3 rings (SSSR count). The first-order chi connectivity index (χ1) is 10.6. The average molecular weight is 318 g/mol. The molecule has 1 heterocycles. The second-order valence-electron chi connectivity index (χ2n) is 5.21. The Kier molecular flexibility index (Phi) is 4.05. The van der Waals surface area contributed by atoms with Crippen molar-refractivity contribution in [3.8, 4) is 0 Å². The lowest BCUT2D eigenvalue weighted by atomic mass is 10.1. The van der Waals surface area contributed by atoms with Crippen molar-refractivity contribution < 1.29 is 9.52 Å². The molecule has 114 valence electrons. The molecule has 0 amide bonds. The highest BCUT2D eigenvalue weighted by atomic mass is 35.5.